The van der Waals surface area contributed by atoms with Gasteiger partial charge >= 0.3 is 0 Å². The van der Waals surface area contributed by atoms with Crippen molar-refractivity contribution >= 4 is 5.91 Å². The molecule has 2 fully saturated rings. The van der Waals surface area contributed by atoms with E-state index in [1.807, 2.05) is 35.2 Å². The Morgan fingerprint density at radius 1 is 1.10 bits per heavy atom. The Labute approximate surface area is 171 Å². The van der Waals surface area contributed by atoms with E-state index in [4.69, 9.17) is 14.2 Å². The van der Waals surface area contributed by atoms with Crippen LogP contribution in [0, 0.1) is 0 Å². The number of hydrogen-bond acceptors (Lipinski definition) is 6. The fourth-order valence-corrected chi connectivity index (χ4v) is 3.60. The van der Waals surface area contributed by atoms with E-state index in [0.717, 1.165) is 25.2 Å². The lowest BCUT2D eigenvalue weighted by Gasteiger charge is -2.37. The highest BCUT2D eigenvalue weighted by Gasteiger charge is 2.25. The van der Waals surface area contributed by atoms with E-state index in [-0.39, 0.29) is 12.0 Å². The molecule has 2 aromatic rings. The number of nitrogens with zero attached hydrogens (tertiary/aromatic N) is 3. The normalized spacial score (nSPS) is 20.4. The van der Waals surface area contributed by atoms with E-state index in [1.54, 1.807) is 18.3 Å². The van der Waals surface area contributed by atoms with Crippen LogP contribution in [0.25, 0.3) is 0 Å². The van der Waals surface area contributed by atoms with Gasteiger partial charge in [0.05, 0.1) is 25.9 Å². The predicted octanol–water partition coefficient (Wildman–Crippen LogP) is 1.83. The molecular formula is C22H27N3O4. The SMILES string of the molecule is O=C(c1ccnc(OCc2ccccc2)c1)N1CCN(C[C@H]2COCCO2)CC1. The van der Waals surface area contributed by atoms with Crippen LogP contribution in [0.1, 0.15) is 15.9 Å². The van der Waals surface area contributed by atoms with Gasteiger partial charge in [-0.15, -0.1) is 0 Å². The third-order valence-electron chi connectivity index (χ3n) is 5.22. The number of ether oxygens (including phenoxy) is 3. The summed E-state index contributed by atoms with van der Waals surface area (Å²) in [4.78, 5) is 21.4. The van der Waals surface area contributed by atoms with Gasteiger partial charge in [-0.3, -0.25) is 9.69 Å². The van der Waals surface area contributed by atoms with Crippen molar-refractivity contribution in [2.24, 2.45) is 0 Å². The molecule has 2 saturated heterocycles. The first-order valence-electron chi connectivity index (χ1n) is 10.1. The second kappa shape index (κ2) is 9.82. The van der Waals surface area contributed by atoms with Gasteiger partial charge in [0.25, 0.3) is 5.91 Å². The molecule has 7 heteroatoms. The van der Waals surface area contributed by atoms with Crippen LogP contribution < -0.4 is 4.74 Å². The number of carbonyl (C=O) groups excluding carboxylic acids is 1. The highest BCUT2D eigenvalue weighted by atomic mass is 16.6. The minimum absolute atomic E-state index is 0.0221. The number of pyridine rings is 1. The Balaban J connectivity index is 1.28. The lowest BCUT2D eigenvalue weighted by molar-refractivity contribution is -0.0994. The highest BCUT2D eigenvalue weighted by molar-refractivity contribution is 5.94. The lowest BCUT2D eigenvalue weighted by atomic mass is 10.2. The van der Waals surface area contributed by atoms with E-state index in [0.29, 0.717) is 51.0 Å². The van der Waals surface area contributed by atoms with Crippen molar-refractivity contribution in [3.05, 3.63) is 59.8 Å². The van der Waals surface area contributed by atoms with E-state index in [1.165, 1.54) is 0 Å². The summed E-state index contributed by atoms with van der Waals surface area (Å²) in [6.45, 7) is 6.38. The molecule has 0 unspecified atom stereocenters. The molecule has 1 aromatic carbocycles. The minimum Gasteiger partial charge on any atom is -0.473 e. The number of piperazine rings is 1. The summed E-state index contributed by atoms with van der Waals surface area (Å²) in [7, 11) is 0. The largest absolute Gasteiger partial charge is 0.473 e. The van der Waals surface area contributed by atoms with Crippen molar-refractivity contribution in [1.29, 1.82) is 0 Å². The summed E-state index contributed by atoms with van der Waals surface area (Å²) < 4.78 is 16.9. The molecule has 0 radical (unpaired) electrons. The van der Waals surface area contributed by atoms with Crippen molar-refractivity contribution < 1.29 is 19.0 Å². The molecule has 0 saturated carbocycles. The quantitative estimate of drug-likeness (QED) is 0.741. The van der Waals surface area contributed by atoms with Crippen LogP contribution in [0.4, 0.5) is 0 Å². The monoisotopic (exact) mass is 397 g/mol. The topological polar surface area (TPSA) is 64.1 Å². The van der Waals surface area contributed by atoms with Crippen molar-refractivity contribution in [3.8, 4) is 5.88 Å². The average molecular weight is 397 g/mol. The Hall–Kier alpha value is -2.48. The fraction of sp³-hybridized carbons (Fsp3) is 0.455. The molecule has 1 atom stereocenters. The molecule has 2 aliphatic rings. The highest BCUT2D eigenvalue weighted by Crippen LogP contribution is 2.15. The van der Waals surface area contributed by atoms with Crippen molar-refractivity contribution in [2.75, 3.05) is 52.5 Å². The van der Waals surface area contributed by atoms with E-state index in [9.17, 15) is 4.79 Å². The molecule has 7 nitrogen and oxygen atoms in total. The molecule has 2 aliphatic heterocycles. The number of benzene rings is 1. The molecular weight excluding hydrogens is 370 g/mol. The van der Waals surface area contributed by atoms with E-state index < -0.39 is 0 Å². The first kappa shape index (κ1) is 19.8. The Kier molecular flexibility index (Phi) is 6.71. The second-order valence-electron chi connectivity index (χ2n) is 7.32. The van der Waals surface area contributed by atoms with Crippen LogP contribution in [0.15, 0.2) is 48.7 Å². The summed E-state index contributed by atoms with van der Waals surface area (Å²) in [5, 5.41) is 0. The van der Waals surface area contributed by atoms with E-state index in [2.05, 4.69) is 9.88 Å². The third kappa shape index (κ3) is 5.53. The number of aromatic nitrogens is 1. The molecule has 29 heavy (non-hydrogen) atoms. The molecule has 1 aromatic heterocycles. The summed E-state index contributed by atoms with van der Waals surface area (Å²) in [5.41, 5.74) is 1.68. The first-order chi connectivity index (χ1) is 14.3. The standard InChI is InChI=1S/C22H27N3O4/c26-22(25-10-8-24(9-11-25)15-20-17-27-12-13-28-20)19-6-7-23-21(14-19)29-16-18-4-2-1-3-5-18/h1-7,14,20H,8-13,15-17H2/t20-/m0/s1. The molecule has 0 bridgehead atoms. The Morgan fingerprint density at radius 2 is 1.93 bits per heavy atom. The Bertz CT molecular complexity index is 788. The maximum absolute atomic E-state index is 12.9. The van der Waals surface area contributed by atoms with Crippen LogP contribution in [-0.4, -0.2) is 79.3 Å². The molecule has 0 N–H and O–H groups in total. The summed E-state index contributed by atoms with van der Waals surface area (Å²) in [5.74, 6) is 0.488. The molecule has 0 spiro atoms. The molecule has 154 valence electrons. The van der Waals surface area contributed by atoms with Crippen LogP contribution in [0.2, 0.25) is 0 Å². The van der Waals surface area contributed by atoms with Crippen LogP contribution in [-0.2, 0) is 16.1 Å². The van der Waals surface area contributed by atoms with Gasteiger partial charge in [-0.25, -0.2) is 4.98 Å². The van der Waals surface area contributed by atoms with Crippen molar-refractivity contribution in [3.63, 3.8) is 0 Å². The van der Waals surface area contributed by atoms with Crippen LogP contribution in [0.3, 0.4) is 0 Å². The molecule has 4 rings (SSSR count). The number of carbonyl (C=O) groups is 1. The summed E-state index contributed by atoms with van der Waals surface area (Å²) in [6, 6.07) is 13.4. The summed E-state index contributed by atoms with van der Waals surface area (Å²) in [6.07, 6.45) is 1.76. The van der Waals surface area contributed by atoms with Gasteiger partial charge in [0.15, 0.2) is 0 Å². The fourth-order valence-electron chi connectivity index (χ4n) is 3.60. The Morgan fingerprint density at radius 3 is 2.69 bits per heavy atom. The van der Waals surface area contributed by atoms with E-state index >= 15 is 0 Å². The van der Waals surface area contributed by atoms with Gasteiger partial charge < -0.3 is 19.1 Å². The van der Waals surface area contributed by atoms with Crippen LogP contribution >= 0.6 is 0 Å². The minimum atomic E-state index is 0.0221. The van der Waals surface area contributed by atoms with Gasteiger partial charge in [0, 0.05) is 50.6 Å². The van der Waals surface area contributed by atoms with Gasteiger partial charge in [-0.2, -0.15) is 0 Å². The maximum atomic E-state index is 12.9. The zero-order valence-corrected chi connectivity index (χ0v) is 16.5. The second-order valence-corrected chi connectivity index (χ2v) is 7.32. The van der Waals surface area contributed by atoms with Crippen LogP contribution in [0.5, 0.6) is 5.88 Å². The molecule has 0 aliphatic carbocycles. The van der Waals surface area contributed by atoms with Crippen molar-refractivity contribution in [1.82, 2.24) is 14.8 Å². The maximum Gasteiger partial charge on any atom is 0.254 e. The molecule has 1 amide bonds. The van der Waals surface area contributed by atoms with Gasteiger partial charge in [0.1, 0.15) is 6.61 Å². The lowest BCUT2D eigenvalue weighted by Crippen LogP contribution is -2.51. The molecule has 3 heterocycles. The van der Waals surface area contributed by atoms with Gasteiger partial charge in [-0.05, 0) is 11.6 Å². The zero-order valence-electron chi connectivity index (χ0n) is 16.5. The predicted molar refractivity (Wildman–Crippen MR) is 108 cm³/mol. The average Bonchev–Trinajstić information content (AvgIpc) is 2.79. The number of hydrogen-bond donors (Lipinski definition) is 0. The number of rotatable bonds is 6. The van der Waals surface area contributed by atoms with Gasteiger partial charge in [-0.1, -0.05) is 30.3 Å². The first-order valence-corrected chi connectivity index (χ1v) is 10.1. The van der Waals surface area contributed by atoms with Gasteiger partial charge in [0.2, 0.25) is 5.88 Å². The summed E-state index contributed by atoms with van der Waals surface area (Å²) >= 11 is 0. The van der Waals surface area contributed by atoms with Crippen molar-refractivity contribution in [2.45, 2.75) is 12.7 Å². The zero-order chi connectivity index (χ0) is 19.9. The third-order valence-corrected chi connectivity index (χ3v) is 5.22. The number of amides is 1. The smallest absolute Gasteiger partial charge is 0.254 e.